The van der Waals surface area contributed by atoms with E-state index in [2.05, 4.69) is 10.2 Å². The number of hydrogen-bond donors (Lipinski definition) is 1. The molecule has 0 aliphatic carbocycles. The summed E-state index contributed by atoms with van der Waals surface area (Å²) in [6.07, 6.45) is 3.19. The van der Waals surface area contributed by atoms with Gasteiger partial charge < -0.3 is 10.5 Å². The van der Waals surface area contributed by atoms with E-state index >= 15 is 0 Å². The van der Waals surface area contributed by atoms with E-state index in [1.807, 2.05) is 12.1 Å². The van der Waals surface area contributed by atoms with Crippen LogP contribution >= 0.6 is 0 Å². The van der Waals surface area contributed by atoms with Gasteiger partial charge in [0.2, 0.25) is 0 Å². The minimum Gasteiger partial charge on any atom is -0.495 e. The van der Waals surface area contributed by atoms with Crippen LogP contribution in [0.5, 0.6) is 5.75 Å². The minimum atomic E-state index is 0.675. The van der Waals surface area contributed by atoms with Gasteiger partial charge in [0.1, 0.15) is 18.4 Å². The zero-order valence-corrected chi connectivity index (χ0v) is 7.71. The average Bonchev–Trinajstić information content (AvgIpc) is 2.70. The van der Waals surface area contributed by atoms with E-state index in [1.54, 1.807) is 30.4 Å². The predicted octanol–water partition coefficient (Wildman–Crippen LogP) is 0.858. The largest absolute Gasteiger partial charge is 0.495 e. The first-order valence-corrected chi connectivity index (χ1v) is 4.10. The van der Waals surface area contributed by atoms with Gasteiger partial charge in [0.25, 0.3) is 0 Å². The molecule has 1 aromatic carbocycles. The average molecular weight is 190 g/mol. The normalized spacial score (nSPS) is 10.1. The second kappa shape index (κ2) is 3.37. The highest BCUT2D eigenvalue weighted by atomic mass is 16.5. The molecule has 14 heavy (non-hydrogen) atoms. The van der Waals surface area contributed by atoms with Crippen molar-refractivity contribution in [2.45, 2.75) is 0 Å². The van der Waals surface area contributed by atoms with Gasteiger partial charge in [-0.3, -0.25) is 4.57 Å². The van der Waals surface area contributed by atoms with Crippen LogP contribution in [0.25, 0.3) is 5.69 Å². The van der Waals surface area contributed by atoms with Crippen LogP contribution in [0.15, 0.2) is 30.9 Å². The van der Waals surface area contributed by atoms with Gasteiger partial charge in [-0.2, -0.15) is 0 Å². The lowest BCUT2D eigenvalue weighted by Gasteiger charge is -2.08. The summed E-state index contributed by atoms with van der Waals surface area (Å²) in [5, 5.41) is 7.44. The second-order valence-electron chi connectivity index (χ2n) is 2.80. The van der Waals surface area contributed by atoms with Gasteiger partial charge >= 0.3 is 0 Å². The topological polar surface area (TPSA) is 66.0 Å². The van der Waals surface area contributed by atoms with E-state index in [0.717, 1.165) is 11.4 Å². The first kappa shape index (κ1) is 8.55. The molecule has 0 aliphatic heterocycles. The fraction of sp³-hybridized carbons (Fsp3) is 0.111. The number of nitrogens with zero attached hydrogens (tertiary/aromatic N) is 3. The molecule has 5 nitrogen and oxygen atoms in total. The number of benzene rings is 1. The van der Waals surface area contributed by atoms with Gasteiger partial charge in [-0.05, 0) is 18.2 Å². The van der Waals surface area contributed by atoms with Crippen molar-refractivity contribution in [3.8, 4) is 11.4 Å². The Bertz CT molecular complexity index is 424. The number of nitrogen functional groups attached to an aromatic ring is 1. The molecule has 2 aromatic rings. The zero-order valence-electron chi connectivity index (χ0n) is 7.71. The molecule has 0 bridgehead atoms. The molecule has 1 heterocycles. The summed E-state index contributed by atoms with van der Waals surface area (Å²) in [4.78, 5) is 0. The van der Waals surface area contributed by atoms with Crippen molar-refractivity contribution in [1.29, 1.82) is 0 Å². The van der Waals surface area contributed by atoms with E-state index in [4.69, 9.17) is 10.5 Å². The molecule has 2 rings (SSSR count). The van der Waals surface area contributed by atoms with Crippen molar-refractivity contribution in [1.82, 2.24) is 14.8 Å². The number of hydrogen-bond acceptors (Lipinski definition) is 4. The molecule has 72 valence electrons. The fourth-order valence-electron chi connectivity index (χ4n) is 1.23. The molecule has 0 aliphatic rings. The molecular weight excluding hydrogens is 180 g/mol. The van der Waals surface area contributed by atoms with E-state index in [-0.39, 0.29) is 0 Å². The van der Waals surface area contributed by atoms with Crippen molar-refractivity contribution >= 4 is 5.69 Å². The Hall–Kier alpha value is -2.04. The maximum Gasteiger partial charge on any atom is 0.143 e. The van der Waals surface area contributed by atoms with Gasteiger partial charge in [0.05, 0.1) is 12.8 Å². The third-order valence-electron chi connectivity index (χ3n) is 1.90. The van der Waals surface area contributed by atoms with Gasteiger partial charge in [-0.15, -0.1) is 10.2 Å². The fourth-order valence-corrected chi connectivity index (χ4v) is 1.23. The highest BCUT2D eigenvalue weighted by Gasteiger charge is 2.04. The number of nitrogens with two attached hydrogens (primary N) is 1. The van der Waals surface area contributed by atoms with Gasteiger partial charge in [0.15, 0.2) is 0 Å². The molecule has 0 radical (unpaired) electrons. The van der Waals surface area contributed by atoms with Crippen molar-refractivity contribution < 1.29 is 4.74 Å². The summed E-state index contributed by atoms with van der Waals surface area (Å²) < 4.78 is 6.94. The molecule has 1 aromatic heterocycles. The van der Waals surface area contributed by atoms with Crippen LogP contribution in [-0.4, -0.2) is 21.9 Å². The minimum absolute atomic E-state index is 0.675. The Kier molecular flexibility index (Phi) is 2.06. The third kappa shape index (κ3) is 1.39. The van der Waals surface area contributed by atoms with Crippen molar-refractivity contribution in [3.05, 3.63) is 30.9 Å². The van der Waals surface area contributed by atoms with Crippen LogP contribution in [0.1, 0.15) is 0 Å². The van der Waals surface area contributed by atoms with Crippen molar-refractivity contribution in [3.63, 3.8) is 0 Å². The summed E-state index contributed by atoms with van der Waals surface area (Å²) in [6.45, 7) is 0. The summed E-state index contributed by atoms with van der Waals surface area (Å²) in [5.74, 6) is 0.735. The lowest BCUT2D eigenvalue weighted by atomic mass is 10.2. The van der Waals surface area contributed by atoms with E-state index in [1.165, 1.54) is 0 Å². The Morgan fingerprint density at radius 3 is 2.64 bits per heavy atom. The summed E-state index contributed by atoms with van der Waals surface area (Å²) in [6, 6.07) is 5.40. The second-order valence-corrected chi connectivity index (χ2v) is 2.80. The third-order valence-corrected chi connectivity index (χ3v) is 1.90. The Morgan fingerprint density at radius 1 is 1.29 bits per heavy atom. The zero-order chi connectivity index (χ0) is 9.97. The van der Waals surface area contributed by atoms with Crippen molar-refractivity contribution in [2.75, 3.05) is 12.8 Å². The van der Waals surface area contributed by atoms with E-state index in [0.29, 0.717) is 5.69 Å². The molecule has 5 heteroatoms. The number of ether oxygens (including phenoxy) is 1. The maximum absolute atomic E-state index is 5.68. The van der Waals surface area contributed by atoms with Gasteiger partial charge in [-0.1, -0.05) is 0 Å². The highest BCUT2D eigenvalue weighted by molar-refractivity contribution is 5.56. The molecule has 0 spiro atoms. The first-order chi connectivity index (χ1) is 6.81. The first-order valence-electron chi connectivity index (χ1n) is 4.10. The Morgan fingerprint density at radius 2 is 2.00 bits per heavy atom. The lowest BCUT2D eigenvalue weighted by molar-refractivity contribution is 0.413. The highest BCUT2D eigenvalue weighted by Crippen LogP contribution is 2.24. The van der Waals surface area contributed by atoms with E-state index in [9.17, 15) is 0 Å². The van der Waals surface area contributed by atoms with Gasteiger partial charge in [0, 0.05) is 5.69 Å². The molecule has 0 atom stereocenters. The Labute approximate surface area is 81.1 Å². The van der Waals surface area contributed by atoms with Crippen LogP contribution in [0.3, 0.4) is 0 Å². The number of anilines is 1. The molecule has 0 amide bonds. The molecule has 0 saturated heterocycles. The van der Waals surface area contributed by atoms with Gasteiger partial charge in [-0.25, -0.2) is 0 Å². The van der Waals surface area contributed by atoms with Crippen LogP contribution < -0.4 is 10.5 Å². The monoisotopic (exact) mass is 190 g/mol. The SMILES string of the molecule is COc1ccc(N)cc1-n1cnnc1. The number of aromatic nitrogens is 3. The smallest absolute Gasteiger partial charge is 0.143 e. The summed E-state index contributed by atoms with van der Waals surface area (Å²) >= 11 is 0. The maximum atomic E-state index is 5.68. The van der Waals surface area contributed by atoms with Crippen LogP contribution in [-0.2, 0) is 0 Å². The van der Waals surface area contributed by atoms with Crippen LogP contribution in [0, 0.1) is 0 Å². The quantitative estimate of drug-likeness (QED) is 0.713. The molecule has 0 unspecified atom stereocenters. The van der Waals surface area contributed by atoms with E-state index < -0.39 is 0 Å². The molecule has 0 saturated carbocycles. The molecular formula is C9H10N4O. The summed E-state index contributed by atoms with van der Waals surface area (Å²) in [7, 11) is 1.61. The number of methoxy groups -OCH3 is 1. The Balaban J connectivity index is 2.55. The van der Waals surface area contributed by atoms with Crippen molar-refractivity contribution in [2.24, 2.45) is 0 Å². The molecule has 0 fully saturated rings. The molecule has 2 N–H and O–H groups in total. The van der Waals surface area contributed by atoms with Crippen LogP contribution in [0.4, 0.5) is 5.69 Å². The standard InChI is InChI=1S/C9H10N4O/c1-14-9-3-2-7(10)4-8(9)13-5-11-12-6-13/h2-6H,10H2,1H3. The number of rotatable bonds is 2. The van der Waals surface area contributed by atoms with Crippen LogP contribution in [0.2, 0.25) is 0 Å². The lowest BCUT2D eigenvalue weighted by Crippen LogP contribution is -1.97. The summed E-state index contributed by atoms with van der Waals surface area (Å²) in [5.41, 5.74) is 7.19. The predicted molar refractivity (Wildman–Crippen MR) is 52.3 cm³/mol.